The molecule has 0 aliphatic rings. The second kappa shape index (κ2) is 10.4. The summed E-state index contributed by atoms with van der Waals surface area (Å²) in [5.74, 6) is -0.158. The van der Waals surface area contributed by atoms with E-state index in [0.29, 0.717) is 19.4 Å². The third-order valence-electron chi connectivity index (χ3n) is 4.17. The summed E-state index contributed by atoms with van der Waals surface area (Å²) in [7, 11) is 0. The molecule has 0 saturated heterocycles. The Balaban J connectivity index is 2.89. The molecular weight excluding hydrogens is 368 g/mol. The molecule has 0 N–H and O–H groups in total. The van der Waals surface area contributed by atoms with Crippen molar-refractivity contribution in [1.82, 2.24) is 0 Å². The number of rotatable bonds is 9. The van der Waals surface area contributed by atoms with Crippen LogP contribution in [0.3, 0.4) is 0 Å². The van der Waals surface area contributed by atoms with Gasteiger partial charge in [0.2, 0.25) is 0 Å². The van der Waals surface area contributed by atoms with Gasteiger partial charge in [-0.05, 0) is 63.6 Å². The summed E-state index contributed by atoms with van der Waals surface area (Å²) < 4.78 is 5.31. The molecule has 1 aromatic carbocycles. The van der Waals surface area contributed by atoms with E-state index in [0.717, 1.165) is 17.7 Å². The van der Waals surface area contributed by atoms with Crippen molar-refractivity contribution in [2.75, 3.05) is 6.61 Å². The van der Waals surface area contributed by atoms with Crippen molar-refractivity contribution in [1.29, 1.82) is 0 Å². The molecule has 158 valence electrons. The van der Waals surface area contributed by atoms with E-state index < -0.39 is 4.87 Å². The minimum Gasteiger partial charge on any atom is -0.466 e. The molecule has 28 heavy (non-hydrogen) atoms. The molecule has 4 nitrogen and oxygen atoms in total. The van der Waals surface area contributed by atoms with Crippen LogP contribution in [0.2, 0.25) is 0 Å². The zero-order valence-electron chi connectivity index (χ0n) is 19.0. The number of thioether (sulfide) groups is 1. The van der Waals surface area contributed by atoms with Gasteiger partial charge in [-0.25, -0.2) is 0 Å². The molecule has 0 aromatic heterocycles. The quantitative estimate of drug-likeness (QED) is 0.189. The minimum atomic E-state index is -0.514. The van der Waals surface area contributed by atoms with E-state index in [9.17, 15) is 4.79 Å². The lowest BCUT2D eigenvalue weighted by molar-refractivity contribution is -0.144. The summed E-state index contributed by atoms with van der Waals surface area (Å²) in [6.07, 6.45) is 2.85. The average Bonchev–Trinajstić information content (AvgIpc) is 2.58. The predicted octanol–water partition coefficient (Wildman–Crippen LogP) is 7.17. The van der Waals surface area contributed by atoms with Gasteiger partial charge in [0.1, 0.15) is 4.87 Å². The lowest BCUT2D eigenvalue weighted by Gasteiger charge is -2.25. The zero-order chi connectivity index (χ0) is 21.4. The van der Waals surface area contributed by atoms with Crippen LogP contribution < -0.4 is 0 Å². The Morgan fingerprint density at radius 3 is 2.11 bits per heavy atom. The SMILES string of the molecule is CCCCOC(=O)CCC(C)(N=NC(C)(C)C)Sc1ccc(C(C)(C)C)cc1. The molecule has 1 aromatic rings. The number of unbranched alkanes of at least 4 members (excludes halogenated alkanes) is 1. The third-order valence-corrected chi connectivity index (χ3v) is 5.41. The van der Waals surface area contributed by atoms with Gasteiger partial charge in [-0.1, -0.05) is 58.0 Å². The van der Waals surface area contributed by atoms with Gasteiger partial charge in [0.25, 0.3) is 0 Å². The number of carbonyl (C=O) groups is 1. The average molecular weight is 407 g/mol. The molecule has 1 unspecified atom stereocenters. The highest BCUT2D eigenvalue weighted by molar-refractivity contribution is 8.00. The normalized spacial score (nSPS) is 14.9. The first-order valence-corrected chi connectivity index (χ1v) is 11.1. The third kappa shape index (κ3) is 9.72. The molecule has 0 amide bonds. The molecule has 0 bridgehead atoms. The number of ether oxygens (including phenoxy) is 1. The number of azo groups is 1. The van der Waals surface area contributed by atoms with Crippen molar-refractivity contribution in [3.05, 3.63) is 29.8 Å². The second-order valence-electron chi connectivity index (χ2n) is 9.50. The number of benzene rings is 1. The number of nitrogens with zero attached hydrogens (tertiary/aromatic N) is 2. The lowest BCUT2D eigenvalue weighted by atomic mass is 9.87. The fraction of sp³-hybridized carbons (Fsp3) is 0.696. The molecule has 5 heteroatoms. The van der Waals surface area contributed by atoms with Crippen LogP contribution in [-0.4, -0.2) is 23.0 Å². The van der Waals surface area contributed by atoms with E-state index in [1.807, 2.05) is 27.7 Å². The zero-order valence-corrected chi connectivity index (χ0v) is 19.8. The summed E-state index contributed by atoms with van der Waals surface area (Å²) >= 11 is 1.65. The fourth-order valence-electron chi connectivity index (χ4n) is 2.39. The van der Waals surface area contributed by atoms with Crippen LogP contribution in [0.1, 0.15) is 86.6 Å². The number of hydrogen-bond acceptors (Lipinski definition) is 5. The van der Waals surface area contributed by atoms with E-state index in [4.69, 9.17) is 4.74 Å². The highest BCUT2D eigenvalue weighted by atomic mass is 32.2. The van der Waals surface area contributed by atoms with E-state index in [-0.39, 0.29) is 16.9 Å². The smallest absolute Gasteiger partial charge is 0.305 e. The second-order valence-corrected chi connectivity index (χ2v) is 11.1. The van der Waals surface area contributed by atoms with Crippen LogP contribution in [0.4, 0.5) is 0 Å². The maximum atomic E-state index is 12.1. The van der Waals surface area contributed by atoms with Crippen molar-refractivity contribution < 1.29 is 9.53 Å². The van der Waals surface area contributed by atoms with Crippen LogP contribution in [-0.2, 0) is 14.9 Å². The summed E-state index contributed by atoms with van der Waals surface area (Å²) in [5.41, 5.74) is 1.18. The molecular formula is C23H38N2O2S. The monoisotopic (exact) mass is 406 g/mol. The van der Waals surface area contributed by atoms with Crippen LogP contribution in [0.25, 0.3) is 0 Å². The van der Waals surface area contributed by atoms with Gasteiger partial charge in [0.05, 0.1) is 12.1 Å². The summed E-state index contributed by atoms with van der Waals surface area (Å²) in [5, 5.41) is 9.13. The van der Waals surface area contributed by atoms with Crippen molar-refractivity contribution in [3.8, 4) is 0 Å². The van der Waals surface area contributed by atoms with Crippen molar-refractivity contribution in [3.63, 3.8) is 0 Å². The molecule has 1 atom stereocenters. The van der Waals surface area contributed by atoms with Gasteiger partial charge in [-0.2, -0.15) is 10.2 Å². The molecule has 0 radical (unpaired) electrons. The molecule has 1 rings (SSSR count). The van der Waals surface area contributed by atoms with Crippen molar-refractivity contribution >= 4 is 17.7 Å². The highest BCUT2D eigenvalue weighted by Gasteiger charge is 2.28. The van der Waals surface area contributed by atoms with Gasteiger partial charge in [0, 0.05) is 11.3 Å². The van der Waals surface area contributed by atoms with Gasteiger partial charge in [-0.15, -0.1) is 0 Å². The lowest BCUT2D eigenvalue weighted by Crippen LogP contribution is -2.21. The van der Waals surface area contributed by atoms with E-state index >= 15 is 0 Å². The Hall–Kier alpha value is -1.36. The number of hydrogen-bond donors (Lipinski definition) is 0. The molecule has 0 heterocycles. The molecule has 0 fully saturated rings. The standard InChI is InChI=1S/C23H38N2O2S/c1-9-10-17-27-20(26)15-16-23(8,25-24-22(5,6)7)28-19-13-11-18(12-14-19)21(2,3)4/h11-14H,9-10,15-17H2,1-8H3. The molecule has 0 aliphatic carbocycles. The predicted molar refractivity (Wildman–Crippen MR) is 119 cm³/mol. The Labute approximate surface area is 175 Å². The molecule has 0 spiro atoms. The summed E-state index contributed by atoms with van der Waals surface area (Å²) in [4.78, 5) is 12.7. The Morgan fingerprint density at radius 2 is 1.61 bits per heavy atom. The van der Waals surface area contributed by atoms with Gasteiger partial charge in [0.15, 0.2) is 0 Å². The maximum Gasteiger partial charge on any atom is 0.305 e. The molecule has 0 saturated carbocycles. The first-order valence-electron chi connectivity index (χ1n) is 10.2. The summed E-state index contributed by atoms with van der Waals surface area (Å²) in [6.45, 7) is 17.3. The van der Waals surface area contributed by atoms with Crippen LogP contribution in [0.15, 0.2) is 39.4 Å². The Bertz CT molecular complexity index is 642. The van der Waals surface area contributed by atoms with Gasteiger partial charge in [-0.3, -0.25) is 4.79 Å². The van der Waals surface area contributed by atoms with Gasteiger partial charge >= 0.3 is 5.97 Å². The maximum absolute atomic E-state index is 12.1. The van der Waals surface area contributed by atoms with Crippen LogP contribution in [0.5, 0.6) is 0 Å². The van der Waals surface area contributed by atoms with E-state index in [2.05, 4.69) is 62.2 Å². The van der Waals surface area contributed by atoms with Crippen LogP contribution in [0, 0.1) is 0 Å². The summed E-state index contributed by atoms with van der Waals surface area (Å²) in [6, 6.07) is 8.61. The largest absolute Gasteiger partial charge is 0.466 e. The Morgan fingerprint density at radius 1 is 1.00 bits per heavy atom. The first-order chi connectivity index (χ1) is 12.8. The fourth-order valence-corrected chi connectivity index (χ4v) is 3.46. The van der Waals surface area contributed by atoms with E-state index in [1.165, 1.54) is 5.56 Å². The van der Waals surface area contributed by atoms with Crippen LogP contribution >= 0.6 is 11.8 Å². The molecule has 0 aliphatic heterocycles. The van der Waals surface area contributed by atoms with Gasteiger partial charge < -0.3 is 4.74 Å². The van der Waals surface area contributed by atoms with Crippen molar-refractivity contribution in [2.24, 2.45) is 10.2 Å². The Kier molecular flexibility index (Phi) is 9.19. The topological polar surface area (TPSA) is 51.0 Å². The van der Waals surface area contributed by atoms with Crippen molar-refractivity contribution in [2.45, 2.75) is 102 Å². The minimum absolute atomic E-state index is 0.126. The van der Waals surface area contributed by atoms with E-state index in [1.54, 1.807) is 11.8 Å². The highest BCUT2D eigenvalue weighted by Crippen LogP contribution is 2.39. The number of carbonyl (C=O) groups excluding carboxylic acids is 1. The first kappa shape index (κ1) is 24.7. The number of esters is 1.